The van der Waals surface area contributed by atoms with Crippen molar-refractivity contribution in [3.8, 4) is 0 Å². The van der Waals surface area contributed by atoms with E-state index in [2.05, 4.69) is 9.97 Å². The second-order valence-electron chi connectivity index (χ2n) is 3.13. The van der Waals surface area contributed by atoms with Crippen molar-refractivity contribution in [3.05, 3.63) is 34.8 Å². The summed E-state index contributed by atoms with van der Waals surface area (Å²) in [6.07, 6.45) is 6.21. The minimum Gasteiger partial charge on any atom is -0.337 e. The standard InChI is InChI=1S/C9H12N4S/c1-13-4-2-12-9(13)7(10)6-8-11-3-5-14-8/h2-5,7H,6,10H2,1H3. The second kappa shape index (κ2) is 3.89. The SMILES string of the molecule is Cn1ccnc1C(N)Cc1nccs1. The third-order valence-corrected chi connectivity index (χ3v) is 2.87. The number of rotatable bonds is 3. The van der Waals surface area contributed by atoms with Crippen molar-refractivity contribution in [2.75, 3.05) is 0 Å². The molecule has 2 rings (SSSR count). The molecule has 0 aliphatic rings. The van der Waals surface area contributed by atoms with E-state index in [4.69, 9.17) is 5.73 Å². The van der Waals surface area contributed by atoms with Gasteiger partial charge in [-0.1, -0.05) is 0 Å². The molecule has 0 radical (unpaired) electrons. The molecule has 0 fully saturated rings. The summed E-state index contributed by atoms with van der Waals surface area (Å²) in [6, 6.07) is -0.0684. The van der Waals surface area contributed by atoms with E-state index in [9.17, 15) is 0 Å². The first kappa shape index (κ1) is 9.36. The van der Waals surface area contributed by atoms with Gasteiger partial charge in [0.05, 0.1) is 11.0 Å². The van der Waals surface area contributed by atoms with Crippen LogP contribution in [0.4, 0.5) is 0 Å². The number of aryl methyl sites for hydroxylation is 1. The molecule has 0 saturated heterocycles. The Kier molecular flexibility index (Phi) is 2.60. The number of imidazole rings is 1. The van der Waals surface area contributed by atoms with Crippen molar-refractivity contribution in [1.82, 2.24) is 14.5 Å². The summed E-state index contributed by atoms with van der Waals surface area (Å²) in [4.78, 5) is 8.41. The molecular weight excluding hydrogens is 196 g/mol. The van der Waals surface area contributed by atoms with Crippen molar-refractivity contribution >= 4 is 11.3 Å². The highest BCUT2D eigenvalue weighted by Crippen LogP contribution is 2.15. The molecule has 0 saturated carbocycles. The molecule has 2 aromatic heterocycles. The van der Waals surface area contributed by atoms with Gasteiger partial charge in [0.25, 0.3) is 0 Å². The number of aromatic nitrogens is 3. The number of hydrogen-bond donors (Lipinski definition) is 1. The van der Waals surface area contributed by atoms with Crippen molar-refractivity contribution in [2.24, 2.45) is 12.8 Å². The summed E-state index contributed by atoms with van der Waals surface area (Å²) in [7, 11) is 1.95. The Labute approximate surface area is 86.4 Å². The van der Waals surface area contributed by atoms with E-state index >= 15 is 0 Å². The van der Waals surface area contributed by atoms with Gasteiger partial charge in [0.15, 0.2) is 0 Å². The van der Waals surface area contributed by atoms with Crippen LogP contribution in [0.1, 0.15) is 16.9 Å². The van der Waals surface area contributed by atoms with Gasteiger partial charge in [-0.05, 0) is 0 Å². The van der Waals surface area contributed by atoms with E-state index in [0.29, 0.717) is 0 Å². The molecule has 1 unspecified atom stereocenters. The summed E-state index contributed by atoms with van der Waals surface area (Å²) in [6.45, 7) is 0. The minimum atomic E-state index is -0.0684. The molecule has 2 heterocycles. The molecule has 5 heteroatoms. The zero-order chi connectivity index (χ0) is 9.97. The molecule has 0 aliphatic heterocycles. The molecule has 1 atom stereocenters. The Morgan fingerprint density at radius 1 is 1.50 bits per heavy atom. The lowest BCUT2D eigenvalue weighted by atomic mass is 10.2. The van der Waals surface area contributed by atoms with Crippen molar-refractivity contribution in [1.29, 1.82) is 0 Å². The van der Waals surface area contributed by atoms with Gasteiger partial charge in [-0.25, -0.2) is 9.97 Å². The average Bonchev–Trinajstić information content (AvgIpc) is 2.75. The number of nitrogens with two attached hydrogens (primary N) is 1. The maximum absolute atomic E-state index is 6.01. The van der Waals surface area contributed by atoms with Crippen LogP contribution in [-0.2, 0) is 13.5 Å². The van der Waals surface area contributed by atoms with Gasteiger partial charge < -0.3 is 10.3 Å². The van der Waals surface area contributed by atoms with Gasteiger partial charge in [0, 0.05) is 37.4 Å². The molecule has 0 bridgehead atoms. The first-order chi connectivity index (χ1) is 6.77. The molecule has 2 N–H and O–H groups in total. The molecule has 14 heavy (non-hydrogen) atoms. The van der Waals surface area contributed by atoms with Crippen LogP contribution in [0.25, 0.3) is 0 Å². The first-order valence-electron chi connectivity index (χ1n) is 4.38. The minimum absolute atomic E-state index is 0.0684. The molecule has 0 amide bonds. The van der Waals surface area contributed by atoms with E-state index in [1.54, 1.807) is 23.7 Å². The zero-order valence-electron chi connectivity index (χ0n) is 7.92. The third-order valence-electron chi connectivity index (χ3n) is 2.07. The van der Waals surface area contributed by atoms with Gasteiger partial charge in [-0.3, -0.25) is 0 Å². The number of hydrogen-bond acceptors (Lipinski definition) is 4. The Morgan fingerprint density at radius 3 is 2.93 bits per heavy atom. The topological polar surface area (TPSA) is 56.7 Å². The van der Waals surface area contributed by atoms with Crippen molar-refractivity contribution in [2.45, 2.75) is 12.5 Å². The summed E-state index contributed by atoms with van der Waals surface area (Å²) < 4.78 is 1.94. The fraction of sp³-hybridized carbons (Fsp3) is 0.333. The van der Waals surface area contributed by atoms with Crippen LogP contribution in [-0.4, -0.2) is 14.5 Å². The first-order valence-corrected chi connectivity index (χ1v) is 5.26. The van der Waals surface area contributed by atoms with Crippen LogP contribution < -0.4 is 5.73 Å². The predicted octanol–water partition coefficient (Wildman–Crippen LogP) is 1.12. The average molecular weight is 208 g/mol. The molecule has 0 aromatic carbocycles. The summed E-state index contributed by atoms with van der Waals surface area (Å²) in [5, 5.41) is 3.01. The predicted molar refractivity (Wildman–Crippen MR) is 56.0 cm³/mol. The highest BCUT2D eigenvalue weighted by Gasteiger charge is 2.12. The summed E-state index contributed by atoms with van der Waals surface area (Å²) in [5.41, 5.74) is 6.01. The lowest BCUT2D eigenvalue weighted by molar-refractivity contribution is 0.630. The quantitative estimate of drug-likeness (QED) is 0.822. The fourth-order valence-electron chi connectivity index (χ4n) is 1.37. The summed E-state index contributed by atoms with van der Waals surface area (Å²) in [5.74, 6) is 0.903. The van der Waals surface area contributed by atoms with Crippen LogP contribution in [0, 0.1) is 0 Å². The van der Waals surface area contributed by atoms with Crippen LogP contribution >= 0.6 is 11.3 Å². The Hall–Kier alpha value is -1.20. The molecule has 74 valence electrons. The largest absolute Gasteiger partial charge is 0.337 e. The molecular formula is C9H12N4S. The highest BCUT2D eigenvalue weighted by atomic mass is 32.1. The van der Waals surface area contributed by atoms with Crippen LogP contribution in [0.5, 0.6) is 0 Å². The Morgan fingerprint density at radius 2 is 2.36 bits per heavy atom. The number of nitrogens with zero attached hydrogens (tertiary/aromatic N) is 3. The van der Waals surface area contributed by atoms with Gasteiger partial charge in [-0.2, -0.15) is 0 Å². The number of thiazole rings is 1. The molecule has 0 spiro atoms. The highest BCUT2D eigenvalue weighted by molar-refractivity contribution is 7.09. The van der Waals surface area contributed by atoms with Gasteiger partial charge in [-0.15, -0.1) is 11.3 Å². The monoisotopic (exact) mass is 208 g/mol. The third kappa shape index (κ3) is 1.83. The van der Waals surface area contributed by atoms with Gasteiger partial charge >= 0.3 is 0 Å². The normalized spacial score (nSPS) is 13.0. The van der Waals surface area contributed by atoms with Crippen LogP contribution in [0.2, 0.25) is 0 Å². The Balaban J connectivity index is 2.10. The summed E-state index contributed by atoms with van der Waals surface area (Å²) >= 11 is 1.63. The van der Waals surface area contributed by atoms with E-state index < -0.39 is 0 Å². The Bertz CT molecular complexity index is 393. The zero-order valence-corrected chi connectivity index (χ0v) is 8.74. The smallest absolute Gasteiger partial charge is 0.125 e. The van der Waals surface area contributed by atoms with Gasteiger partial charge in [0.1, 0.15) is 5.82 Å². The second-order valence-corrected chi connectivity index (χ2v) is 4.11. The molecule has 2 aromatic rings. The van der Waals surface area contributed by atoms with E-state index in [1.807, 2.05) is 23.2 Å². The maximum Gasteiger partial charge on any atom is 0.125 e. The van der Waals surface area contributed by atoms with E-state index in [1.165, 1.54) is 0 Å². The van der Waals surface area contributed by atoms with Crippen molar-refractivity contribution in [3.63, 3.8) is 0 Å². The van der Waals surface area contributed by atoms with E-state index in [0.717, 1.165) is 17.3 Å². The van der Waals surface area contributed by atoms with Crippen LogP contribution in [0.3, 0.4) is 0 Å². The van der Waals surface area contributed by atoms with Gasteiger partial charge in [0.2, 0.25) is 0 Å². The molecule has 0 aliphatic carbocycles. The lowest BCUT2D eigenvalue weighted by Gasteiger charge is -2.09. The fourth-order valence-corrected chi connectivity index (χ4v) is 2.04. The lowest BCUT2D eigenvalue weighted by Crippen LogP contribution is -2.17. The molecule has 4 nitrogen and oxygen atoms in total. The van der Waals surface area contributed by atoms with Crippen LogP contribution in [0.15, 0.2) is 24.0 Å². The van der Waals surface area contributed by atoms with E-state index in [-0.39, 0.29) is 6.04 Å². The van der Waals surface area contributed by atoms with Crippen molar-refractivity contribution < 1.29 is 0 Å². The maximum atomic E-state index is 6.01.